The molecule has 0 aliphatic carbocycles. The molecule has 34 heavy (non-hydrogen) atoms. The van der Waals surface area contributed by atoms with Crippen molar-refractivity contribution in [1.82, 2.24) is 20.1 Å². The van der Waals surface area contributed by atoms with Crippen molar-refractivity contribution in [2.24, 2.45) is 0 Å². The molecule has 1 amide bonds. The molecule has 182 valence electrons. The number of benzene rings is 1. The van der Waals surface area contributed by atoms with Crippen molar-refractivity contribution in [3.05, 3.63) is 42.1 Å². The van der Waals surface area contributed by atoms with Crippen LogP contribution in [0, 0.1) is 0 Å². The number of amides is 1. The average molecular weight is 471 g/mol. The molecule has 0 bridgehead atoms. The second-order valence-electron chi connectivity index (χ2n) is 9.57. The highest BCUT2D eigenvalue weighted by atomic mass is 19.1. The summed E-state index contributed by atoms with van der Waals surface area (Å²) in [5.41, 5.74) is 0.991. The first-order chi connectivity index (χ1) is 16.0. The summed E-state index contributed by atoms with van der Waals surface area (Å²) in [6, 6.07) is 8.80. The first-order valence-corrected chi connectivity index (χ1v) is 11.4. The Balaban J connectivity index is 1.73. The normalized spacial score (nSPS) is 19.5. The van der Waals surface area contributed by atoms with E-state index < -0.39 is 17.5 Å². The summed E-state index contributed by atoms with van der Waals surface area (Å²) >= 11 is 0. The Kier molecular flexibility index (Phi) is 6.35. The van der Waals surface area contributed by atoms with E-state index in [1.54, 1.807) is 38.1 Å². The third-order valence-electron chi connectivity index (χ3n) is 6.25. The fraction of sp³-hybridized carbons (Fsp3) is 0.480. The van der Waals surface area contributed by atoms with Crippen LogP contribution < -0.4 is 10.1 Å². The SMILES string of the molecule is CC(F)Oc1cccc(-c2nn(C(C)C)c3cc(C(=O)N[C@@]4(C(C)(C)O)CCOC4)cnc23)c1. The molecule has 0 spiro atoms. The first-order valence-electron chi connectivity index (χ1n) is 11.4. The topological polar surface area (TPSA) is 98.5 Å². The predicted molar refractivity (Wildman–Crippen MR) is 126 cm³/mol. The number of rotatable bonds is 7. The zero-order valence-electron chi connectivity index (χ0n) is 20.1. The molecule has 4 rings (SSSR count). The first kappa shape index (κ1) is 24.1. The molecule has 2 atom stereocenters. The molecule has 2 aromatic heterocycles. The van der Waals surface area contributed by atoms with Crippen molar-refractivity contribution in [1.29, 1.82) is 0 Å². The van der Waals surface area contributed by atoms with Crippen LogP contribution in [0.1, 0.15) is 57.4 Å². The molecule has 8 nitrogen and oxygen atoms in total. The highest BCUT2D eigenvalue weighted by molar-refractivity contribution is 5.99. The van der Waals surface area contributed by atoms with Gasteiger partial charge in [-0.2, -0.15) is 5.10 Å². The van der Waals surface area contributed by atoms with Gasteiger partial charge in [0.1, 0.15) is 17.0 Å². The molecule has 1 unspecified atom stereocenters. The molecule has 0 radical (unpaired) electrons. The van der Waals surface area contributed by atoms with Crippen LogP contribution in [-0.4, -0.2) is 56.5 Å². The van der Waals surface area contributed by atoms with Crippen LogP contribution in [0.3, 0.4) is 0 Å². The van der Waals surface area contributed by atoms with E-state index in [1.807, 2.05) is 24.6 Å². The molecule has 1 saturated heterocycles. The molecule has 1 aliphatic heterocycles. The third kappa shape index (κ3) is 4.50. The third-order valence-corrected chi connectivity index (χ3v) is 6.25. The summed E-state index contributed by atoms with van der Waals surface area (Å²) in [5, 5.41) is 18.4. The van der Waals surface area contributed by atoms with Crippen LogP contribution in [0.2, 0.25) is 0 Å². The minimum Gasteiger partial charge on any atom is -0.461 e. The van der Waals surface area contributed by atoms with Gasteiger partial charge in [-0.3, -0.25) is 14.5 Å². The number of aliphatic hydroxyl groups is 1. The van der Waals surface area contributed by atoms with Crippen molar-refractivity contribution < 1.29 is 23.8 Å². The number of alkyl halides is 1. The Morgan fingerprint density at radius 2 is 2.09 bits per heavy atom. The molecule has 9 heteroatoms. The lowest BCUT2D eigenvalue weighted by atomic mass is 9.81. The second kappa shape index (κ2) is 8.96. The Labute approximate surface area is 198 Å². The van der Waals surface area contributed by atoms with Gasteiger partial charge < -0.3 is 19.9 Å². The smallest absolute Gasteiger partial charge is 0.253 e. The van der Waals surface area contributed by atoms with E-state index in [9.17, 15) is 14.3 Å². The predicted octanol–water partition coefficient (Wildman–Crippen LogP) is 4.03. The Bertz CT molecular complexity index is 1190. The number of fused-ring (bicyclic) bond motifs is 1. The van der Waals surface area contributed by atoms with Crippen molar-refractivity contribution in [2.75, 3.05) is 13.2 Å². The summed E-state index contributed by atoms with van der Waals surface area (Å²) in [4.78, 5) is 17.8. The standard InChI is InChI=1S/C25H31FN4O4/c1-15(2)30-20-12-18(23(31)28-25(24(4,5)32)9-10-33-14-25)13-27-22(20)21(29-30)17-7-6-8-19(11-17)34-16(3)26/h6-8,11-13,15-16,32H,9-10,14H2,1-5H3,(H,28,31)/t16?,25-/m0/s1. The second-order valence-corrected chi connectivity index (χ2v) is 9.57. The molecule has 1 aromatic carbocycles. The summed E-state index contributed by atoms with van der Waals surface area (Å²) in [5.74, 6) is 0.0545. The van der Waals surface area contributed by atoms with Crippen LogP contribution in [0.4, 0.5) is 4.39 Å². The van der Waals surface area contributed by atoms with Crippen LogP contribution in [-0.2, 0) is 4.74 Å². The maximum absolute atomic E-state index is 13.3. The number of hydrogen-bond acceptors (Lipinski definition) is 6. The zero-order valence-corrected chi connectivity index (χ0v) is 20.1. The van der Waals surface area contributed by atoms with Crippen molar-refractivity contribution in [3.8, 4) is 17.0 Å². The number of pyridine rings is 1. The molecule has 0 saturated carbocycles. The maximum atomic E-state index is 13.3. The molecule has 3 aromatic rings. The van der Waals surface area contributed by atoms with Gasteiger partial charge >= 0.3 is 0 Å². The number of nitrogens with one attached hydrogen (secondary N) is 1. The summed E-state index contributed by atoms with van der Waals surface area (Å²) in [6.07, 6.45) is 0.588. The summed E-state index contributed by atoms with van der Waals surface area (Å²) < 4.78 is 25.8. The van der Waals surface area contributed by atoms with E-state index in [1.165, 1.54) is 13.1 Å². The minimum absolute atomic E-state index is 0.00704. The van der Waals surface area contributed by atoms with Gasteiger partial charge in [-0.15, -0.1) is 0 Å². The number of hydrogen-bond donors (Lipinski definition) is 2. The zero-order chi connectivity index (χ0) is 24.7. The van der Waals surface area contributed by atoms with Crippen LogP contribution in [0.15, 0.2) is 36.5 Å². The van der Waals surface area contributed by atoms with Crippen LogP contribution >= 0.6 is 0 Å². The lowest BCUT2D eigenvalue weighted by Gasteiger charge is -2.39. The van der Waals surface area contributed by atoms with Gasteiger partial charge in [0.2, 0.25) is 6.36 Å². The molecule has 1 aliphatic rings. The summed E-state index contributed by atoms with van der Waals surface area (Å²) in [6.45, 7) is 9.36. The number of halogens is 1. The van der Waals surface area contributed by atoms with E-state index in [2.05, 4.69) is 10.3 Å². The fourth-order valence-electron chi connectivity index (χ4n) is 4.22. The van der Waals surface area contributed by atoms with Gasteiger partial charge in [-0.05, 0) is 52.3 Å². The van der Waals surface area contributed by atoms with E-state index in [-0.39, 0.29) is 18.6 Å². The largest absolute Gasteiger partial charge is 0.461 e. The number of carbonyl (C=O) groups is 1. The van der Waals surface area contributed by atoms with Crippen LogP contribution in [0.5, 0.6) is 5.75 Å². The molecule has 2 N–H and O–H groups in total. The minimum atomic E-state index is -1.43. The van der Waals surface area contributed by atoms with Crippen LogP contribution in [0.25, 0.3) is 22.3 Å². The monoisotopic (exact) mass is 470 g/mol. The molecular weight excluding hydrogens is 439 g/mol. The van der Waals surface area contributed by atoms with E-state index in [4.69, 9.17) is 14.6 Å². The molecule has 1 fully saturated rings. The Hall–Kier alpha value is -3.04. The number of ether oxygens (including phenoxy) is 2. The van der Waals surface area contributed by atoms with Gasteiger partial charge in [-0.1, -0.05) is 12.1 Å². The number of nitrogens with zero attached hydrogens (tertiary/aromatic N) is 3. The summed E-state index contributed by atoms with van der Waals surface area (Å²) in [7, 11) is 0. The lowest BCUT2D eigenvalue weighted by molar-refractivity contribution is -0.0237. The van der Waals surface area contributed by atoms with Gasteiger partial charge in [0.15, 0.2) is 0 Å². The number of aromatic nitrogens is 3. The Morgan fingerprint density at radius 3 is 2.71 bits per heavy atom. The molecule has 3 heterocycles. The molecular formula is C25H31FN4O4. The highest BCUT2D eigenvalue weighted by Crippen LogP contribution is 2.33. The highest BCUT2D eigenvalue weighted by Gasteiger charge is 2.48. The quantitative estimate of drug-likeness (QED) is 0.541. The average Bonchev–Trinajstić information content (AvgIpc) is 3.38. The fourth-order valence-corrected chi connectivity index (χ4v) is 4.22. The van der Waals surface area contributed by atoms with Gasteiger partial charge in [0.05, 0.1) is 28.8 Å². The van der Waals surface area contributed by atoms with E-state index in [0.29, 0.717) is 41.1 Å². The maximum Gasteiger partial charge on any atom is 0.253 e. The van der Waals surface area contributed by atoms with Gasteiger partial charge in [-0.25, -0.2) is 4.39 Å². The van der Waals surface area contributed by atoms with Crippen molar-refractivity contribution >= 4 is 16.9 Å². The lowest BCUT2D eigenvalue weighted by Crippen LogP contribution is -2.62. The van der Waals surface area contributed by atoms with E-state index >= 15 is 0 Å². The number of carbonyl (C=O) groups excluding carboxylic acids is 1. The van der Waals surface area contributed by atoms with Gasteiger partial charge in [0, 0.05) is 31.3 Å². The van der Waals surface area contributed by atoms with Gasteiger partial charge in [0.25, 0.3) is 5.91 Å². The van der Waals surface area contributed by atoms with Crippen molar-refractivity contribution in [2.45, 2.75) is 64.6 Å². The van der Waals surface area contributed by atoms with E-state index in [0.717, 1.165) is 5.56 Å². The van der Waals surface area contributed by atoms with Crippen molar-refractivity contribution in [3.63, 3.8) is 0 Å². The Morgan fingerprint density at radius 1 is 1.32 bits per heavy atom.